The summed E-state index contributed by atoms with van der Waals surface area (Å²) in [7, 11) is 2.00. The van der Waals surface area contributed by atoms with Gasteiger partial charge in [-0.05, 0) is 50.1 Å². The van der Waals surface area contributed by atoms with Crippen LogP contribution in [-0.4, -0.2) is 7.05 Å². The number of nitrogens with one attached hydrogen (secondary N) is 1. The summed E-state index contributed by atoms with van der Waals surface area (Å²) in [5, 5.41) is 4.24. The molecule has 0 aliphatic heterocycles. The van der Waals surface area contributed by atoms with Crippen LogP contribution in [0.25, 0.3) is 0 Å². The first-order chi connectivity index (χ1) is 9.11. The average molecular weight is 274 g/mol. The second-order valence-corrected chi connectivity index (χ2v) is 5.40. The first kappa shape index (κ1) is 14.1. The van der Waals surface area contributed by atoms with Crippen LogP contribution in [0.3, 0.4) is 0 Å². The molecule has 0 saturated heterocycles. The SMILES string of the molecule is CNC(Cc1ccccc1Cl)c1cc(C)ccc1C. The number of rotatable bonds is 4. The molecule has 0 saturated carbocycles. The average Bonchev–Trinajstić information content (AvgIpc) is 2.41. The molecule has 2 aromatic rings. The van der Waals surface area contributed by atoms with Crippen molar-refractivity contribution in [1.29, 1.82) is 0 Å². The van der Waals surface area contributed by atoms with Crippen molar-refractivity contribution in [2.45, 2.75) is 26.3 Å². The van der Waals surface area contributed by atoms with E-state index in [-0.39, 0.29) is 0 Å². The van der Waals surface area contributed by atoms with E-state index in [1.165, 1.54) is 22.3 Å². The predicted molar refractivity (Wildman–Crippen MR) is 82.9 cm³/mol. The summed E-state index contributed by atoms with van der Waals surface area (Å²) in [6.07, 6.45) is 0.903. The maximum atomic E-state index is 6.26. The van der Waals surface area contributed by atoms with E-state index in [1.54, 1.807) is 0 Å². The van der Waals surface area contributed by atoms with Crippen molar-refractivity contribution in [1.82, 2.24) is 5.32 Å². The number of hydrogen-bond acceptors (Lipinski definition) is 1. The first-order valence-electron chi connectivity index (χ1n) is 6.59. The van der Waals surface area contributed by atoms with Gasteiger partial charge in [-0.1, -0.05) is 53.6 Å². The van der Waals surface area contributed by atoms with Gasteiger partial charge in [0, 0.05) is 11.1 Å². The van der Waals surface area contributed by atoms with Gasteiger partial charge in [-0.25, -0.2) is 0 Å². The minimum absolute atomic E-state index is 0.291. The molecule has 1 unspecified atom stereocenters. The van der Waals surface area contributed by atoms with Gasteiger partial charge in [0.15, 0.2) is 0 Å². The number of hydrogen-bond donors (Lipinski definition) is 1. The highest BCUT2D eigenvalue weighted by Crippen LogP contribution is 2.25. The Labute approximate surface area is 120 Å². The van der Waals surface area contributed by atoms with Crippen molar-refractivity contribution >= 4 is 11.6 Å². The largest absolute Gasteiger partial charge is 0.313 e. The highest BCUT2D eigenvalue weighted by molar-refractivity contribution is 6.31. The Morgan fingerprint density at radius 3 is 2.53 bits per heavy atom. The van der Waals surface area contributed by atoms with Crippen LogP contribution < -0.4 is 5.32 Å². The van der Waals surface area contributed by atoms with Crippen LogP contribution in [-0.2, 0) is 6.42 Å². The Kier molecular flexibility index (Phi) is 4.62. The highest BCUT2D eigenvalue weighted by atomic mass is 35.5. The fraction of sp³-hybridized carbons (Fsp3) is 0.294. The molecule has 100 valence electrons. The smallest absolute Gasteiger partial charge is 0.0438 e. The third-order valence-electron chi connectivity index (χ3n) is 3.54. The molecule has 1 atom stereocenters. The van der Waals surface area contributed by atoms with Gasteiger partial charge < -0.3 is 5.32 Å². The van der Waals surface area contributed by atoms with Gasteiger partial charge in [0.25, 0.3) is 0 Å². The molecule has 19 heavy (non-hydrogen) atoms. The van der Waals surface area contributed by atoms with Gasteiger partial charge in [0.2, 0.25) is 0 Å². The minimum atomic E-state index is 0.291. The summed E-state index contributed by atoms with van der Waals surface area (Å²) in [5.41, 5.74) is 5.14. The lowest BCUT2D eigenvalue weighted by Gasteiger charge is -2.20. The van der Waals surface area contributed by atoms with Crippen molar-refractivity contribution < 1.29 is 0 Å². The number of likely N-dealkylation sites (N-methyl/N-ethyl adjacent to an activating group) is 1. The standard InChI is InChI=1S/C17H20ClN/c1-12-8-9-13(2)15(10-12)17(19-3)11-14-6-4-5-7-16(14)18/h4-10,17,19H,11H2,1-3H3. The molecule has 0 spiro atoms. The van der Waals surface area contributed by atoms with Crippen LogP contribution in [0.1, 0.15) is 28.3 Å². The van der Waals surface area contributed by atoms with Crippen LogP contribution in [0.2, 0.25) is 5.02 Å². The zero-order chi connectivity index (χ0) is 13.8. The van der Waals surface area contributed by atoms with Crippen molar-refractivity contribution in [3.8, 4) is 0 Å². The van der Waals surface area contributed by atoms with E-state index in [0.717, 1.165) is 11.4 Å². The van der Waals surface area contributed by atoms with E-state index in [9.17, 15) is 0 Å². The Hall–Kier alpha value is -1.31. The lowest BCUT2D eigenvalue weighted by molar-refractivity contribution is 0.588. The molecule has 0 aromatic heterocycles. The molecular weight excluding hydrogens is 254 g/mol. The minimum Gasteiger partial charge on any atom is -0.313 e. The summed E-state index contributed by atoms with van der Waals surface area (Å²) in [5.74, 6) is 0. The highest BCUT2D eigenvalue weighted by Gasteiger charge is 2.14. The van der Waals surface area contributed by atoms with E-state index in [0.29, 0.717) is 6.04 Å². The second kappa shape index (κ2) is 6.23. The van der Waals surface area contributed by atoms with E-state index in [4.69, 9.17) is 11.6 Å². The number of benzene rings is 2. The molecule has 0 heterocycles. The van der Waals surface area contributed by atoms with E-state index in [1.807, 2.05) is 25.2 Å². The van der Waals surface area contributed by atoms with Crippen molar-refractivity contribution in [3.05, 3.63) is 69.7 Å². The normalized spacial score (nSPS) is 12.4. The molecule has 2 aromatic carbocycles. The quantitative estimate of drug-likeness (QED) is 0.867. The third kappa shape index (κ3) is 3.37. The lowest BCUT2D eigenvalue weighted by atomic mass is 9.94. The second-order valence-electron chi connectivity index (χ2n) is 5.00. The maximum Gasteiger partial charge on any atom is 0.0438 e. The van der Waals surface area contributed by atoms with Gasteiger partial charge in [0.1, 0.15) is 0 Å². The summed E-state index contributed by atoms with van der Waals surface area (Å²) in [4.78, 5) is 0. The van der Waals surface area contributed by atoms with Crippen LogP contribution in [0.5, 0.6) is 0 Å². The summed E-state index contributed by atoms with van der Waals surface area (Å²) >= 11 is 6.26. The molecule has 0 fully saturated rings. The molecule has 0 aliphatic carbocycles. The molecule has 0 radical (unpaired) electrons. The fourth-order valence-electron chi connectivity index (χ4n) is 2.39. The molecule has 1 N–H and O–H groups in total. The van der Waals surface area contributed by atoms with Gasteiger partial charge in [-0.3, -0.25) is 0 Å². The van der Waals surface area contributed by atoms with E-state index in [2.05, 4.69) is 43.4 Å². The zero-order valence-electron chi connectivity index (χ0n) is 11.7. The number of aryl methyl sites for hydroxylation is 2. The molecule has 2 heteroatoms. The molecule has 1 nitrogen and oxygen atoms in total. The summed E-state index contributed by atoms with van der Waals surface area (Å²) in [6, 6.07) is 14.9. The topological polar surface area (TPSA) is 12.0 Å². The Morgan fingerprint density at radius 1 is 1.11 bits per heavy atom. The first-order valence-corrected chi connectivity index (χ1v) is 6.97. The summed E-state index contributed by atoms with van der Waals surface area (Å²) < 4.78 is 0. The van der Waals surface area contributed by atoms with Crippen molar-refractivity contribution in [2.75, 3.05) is 7.05 Å². The summed E-state index contributed by atoms with van der Waals surface area (Å²) in [6.45, 7) is 4.29. The lowest BCUT2D eigenvalue weighted by Crippen LogP contribution is -2.20. The molecule has 0 bridgehead atoms. The molecular formula is C17H20ClN. The molecule has 0 aliphatic rings. The Bertz CT molecular complexity index is 563. The van der Waals surface area contributed by atoms with Gasteiger partial charge in [-0.15, -0.1) is 0 Å². The van der Waals surface area contributed by atoms with Crippen molar-refractivity contribution in [3.63, 3.8) is 0 Å². The number of halogens is 1. The van der Waals surface area contributed by atoms with E-state index >= 15 is 0 Å². The van der Waals surface area contributed by atoms with Crippen LogP contribution in [0.4, 0.5) is 0 Å². The van der Waals surface area contributed by atoms with E-state index < -0.39 is 0 Å². The van der Waals surface area contributed by atoms with Gasteiger partial charge >= 0.3 is 0 Å². The van der Waals surface area contributed by atoms with Gasteiger partial charge in [0.05, 0.1) is 0 Å². The Morgan fingerprint density at radius 2 is 1.84 bits per heavy atom. The van der Waals surface area contributed by atoms with Crippen LogP contribution in [0.15, 0.2) is 42.5 Å². The molecule has 2 rings (SSSR count). The van der Waals surface area contributed by atoms with Crippen LogP contribution >= 0.6 is 11.6 Å². The van der Waals surface area contributed by atoms with Crippen LogP contribution in [0, 0.1) is 13.8 Å². The van der Waals surface area contributed by atoms with Crippen molar-refractivity contribution in [2.24, 2.45) is 0 Å². The monoisotopic (exact) mass is 273 g/mol. The zero-order valence-corrected chi connectivity index (χ0v) is 12.5. The maximum absolute atomic E-state index is 6.26. The fourth-order valence-corrected chi connectivity index (χ4v) is 2.60. The van der Waals surface area contributed by atoms with Gasteiger partial charge in [-0.2, -0.15) is 0 Å². The molecule has 0 amide bonds. The Balaban J connectivity index is 2.30. The predicted octanol–water partition coefficient (Wildman–Crippen LogP) is 4.46. The third-order valence-corrected chi connectivity index (χ3v) is 3.91.